The number of ether oxygens (including phenoxy) is 3. The van der Waals surface area contributed by atoms with Gasteiger partial charge in [-0.25, -0.2) is 4.79 Å². The first-order valence-electron chi connectivity index (χ1n) is 8.05. The van der Waals surface area contributed by atoms with Gasteiger partial charge in [0.1, 0.15) is 15.6 Å². The second-order valence-electron chi connectivity index (χ2n) is 7.48. The summed E-state index contributed by atoms with van der Waals surface area (Å²) in [6.45, 7) is 7.30. The maximum Gasteiger partial charge on any atom is 0.344 e. The highest BCUT2D eigenvalue weighted by molar-refractivity contribution is 14.2. The lowest BCUT2D eigenvalue weighted by Gasteiger charge is -2.36. The van der Waals surface area contributed by atoms with Crippen LogP contribution < -0.4 is 0 Å². The second-order valence-corrected chi connectivity index (χ2v) is 10.4. The third-order valence-corrected chi connectivity index (χ3v) is 8.58. The highest BCUT2D eigenvalue weighted by atomic mass is 127. The molecule has 6 nitrogen and oxygen atoms in total. The first-order chi connectivity index (χ1) is 11.1. The molecular formula is C17H25IO6. The molecule has 136 valence electrons. The first kappa shape index (κ1) is 19.3. The van der Waals surface area contributed by atoms with Gasteiger partial charge in [0.25, 0.3) is 0 Å². The van der Waals surface area contributed by atoms with Crippen LogP contribution in [0.15, 0.2) is 0 Å². The zero-order valence-corrected chi connectivity index (χ0v) is 16.8. The van der Waals surface area contributed by atoms with Crippen LogP contribution in [-0.4, -0.2) is 44.7 Å². The molecule has 1 heterocycles. The molecule has 4 atom stereocenters. The molecule has 1 saturated heterocycles. The van der Waals surface area contributed by atoms with Crippen molar-refractivity contribution in [2.45, 2.75) is 62.6 Å². The number of fused-ring (bicyclic) bond motifs is 2. The molecule has 2 fully saturated rings. The molecule has 2 rings (SSSR count). The molecule has 0 N–H and O–H groups in total. The molecule has 7 heteroatoms. The Balaban J connectivity index is 1.86. The van der Waals surface area contributed by atoms with E-state index in [2.05, 4.69) is 4.51 Å². The zero-order chi connectivity index (χ0) is 18.1. The van der Waals surface area contributed by atoms with E-state index in [1.165, 1.54) is 0 Å². The molecule has 0 aromatic carbocycles. The van der Waals surface area contributed by atoms with Gasteiger partial charge < -0.3 is 14.2 Å². The molecule has 0 aromatic rings. The molecular weight excluding hydrogens is 427 g/mol. The Morgan fingerprint density at radius 1 is 1.29 bits per heavy atom. The number of halogens is 1. The molecule has 0 amide bonds. The normalized spacial score (nSPS) is 28.7. The molecule has 24 heavy (non-hydrogen) atoms. The van der Waals surface area contributed by atoms with E-state index in [0.717, 1.165) is 0 Å². The Labute approximate surface area is 152 Å². The Hall–Kier alpha value is -0.990. The van der Waals surface area contributed by atoms with Crippen LogP contribution in [0.4, 0.5) is 0 Å². The maximum atomic E-state index is 12.4. The minimum Gasteiger partial charge on any atom is -0.458 e. The van der Waals surface area contributed by atoms with Crippen LogP contribution >= 0.6 is 20.7 Å². The third kappa shape index (κ3) is 3.81. The van der Waals surface area contributed by atoms with Crippen molar-refractivity contribution in [1.29, 1.82) is 0 Å². The number of carbonyl (C=O) groups excluding carboxylic acids is 3. The summed E-state index contributed by atoms with van der Waals surface area (Å²) >= 11 is -0.666. The van der Waals surface area contributed by atoms with E-state index >= 15 is 0 Å². The van der Waals surface area contributed by atoms with Gasteiger partial charge in [-0.2, -0.15) is 0 Å². The Morgan fingerprint density at radius 2 is 1.96 bits per heavy atom. The second kappa shape index (κ2) is 7.09. The van der Waals surface area contributed by atoms with E-state index < -0.39 is 48.8 Å². The van der Waals surface area contributed by atoms with Crippen LogP contribution in [0.1, 0.15) is 47.0 Å². The van der Waals surface area contributed by atoms with Gasteiger partial charge in [-0.05, 0) is 25.2 Å². The summed E-state index contributed by atoms with van der Waals surface area (Å²) in [6, 6.07) is 0. The van der Waals surface area contributed by atoms with E-state index in [4.69, 9.17) is 14.2 Å². The minimum atomic E-state index is -0.675. The van der Waals surface area contributed by atoms with Crippen LogP contribution in [-0.2, 0) is 28.6 Å². The van der Waals surface area contributed by atoms with Gasteiger partial charge in [-0.15, -0.1) is 20.7 Å². The average molecular weight is 452 g/mol. The van der Waals surface area contributed by atoms with Crippen molar-refractivity contribution in [3.05, 3.63) is 0 Å². The first-order valence-corrected chi connectivity index (χ1v) is 10.7. The van der Waals surface area contributed by atoms with Gasteiger partial charge in [0, 0.05) is 6.42 Å². The lowest BCUT2D eigenvalue weighted by molar-refractivity contribution is -0.170. The van der Waals surface area contributed by atoms with Crippen LogP contribution in [0.2, 0.25) is 0 Å². The van der Waals surface area contributed by atoms with E-state index in [-0.39, 0.29) is 23.4 Å². The molecule has 0 radical (unpaired) electrons. The monoisotopic (exact) mass is 452 g/mol. The molecule has 1 aliphatic heterocycles. The number of alkyl halides is 1. The maximum absolute atomic E-state index is 12.4. The topological polar surface area (TPSA) is 78.9 Å². The minimum absolute atomic E-state index is 0.0590. The van der Waals surface area contributed by atoms with E-state index in [1.807, 2.05) is 27.7 Å². The summed E-state index contributed by atoms with van der Waals surface area (Å²) in [6.07, 6.45) is 1.07. The smallest absolute Gasteiger partial charge is 0.344 e. The van der Waals surface area contributed by atoms with Crippen molar-refractivity contribution in [2.24, 2.45) is 11.3 Å². The quantitative estimate of drug-likeness (QED) is 0.276. The number of rotatable bonds is 5. The van der Waals surface area contributed by atoms with Gasteiger partial charge in [-0.3, -0.25) is 9.59 Å². The van der Waals surface area contributed by atoms with Crippen molar-refractivity contribution in [3.63, 3.8) is 0 Å². The summed E-state index contributed by atoms with van der Waals surface area (Å²) in [7, 11) is 0. The van der Waals surface area contributed by atoms with Crippen molar-refractivity contribution < 1.29 is 28.6 Å². The molecule has 0 aromatic heterocycles. The van der Waals surface area contributed by atoms with Crippen LogP contribution in [0.5, 0.6) is 0 Å². The van der Waals surface area contributed by atoms with Gasteiger partial charge in [-0.1, -0.05) is 25.3 Å². The van der Waals surface area contributed by atoms with Crippen LogP contribution in [0, 0.1) is 11.3 Å². The number of carbonyl (C=O) groups is 3. The highest BCUT2D eigenvalue weighted by Crippen LogP contribution is 2.42. The summed E-state index contributed by atoms with van der Waals surface area (Å²) in [5, 5.41) is 0. The molecule has 1 saturated carbocycles. The van der Waals surface area contributed by atoms with Gasteiger partial charge in [0.2, 0.25) is 0 Å². The van der Waals surface area contributed by atoms with Gasteiger partial charge in [0.05, 0.1) is 5.92 Å². The summed E-state index contributed by atoms with van der Waals surface area (Å²) in [4.78, 5) is 35.9. The Kier molecular flexibility index (Phi) is 5.71. The highest BCUT2D eigenvalue weighted by Gasteiger charge is 2.46. The largest absolute Gasteiger partial charge is 0.458 e. The van der Waals surface area contributed by atoms with E-state index in [1.54, 1.807) is 0 Å². The lowest BCUT2D eigenvalue weighted by atomic mass is 9.82. The number of hydrogen-bond acceptors (Lipinski definition) is 6. The summed E-state index contributed by atoms with van der Waals surface area (Å²) in [5.74, 6) is -1.28. The van der Waals surface area contributed by atoms with Gasteiger partial charge >= 0.3 is 17.9 Å². The van der Waals surface area contributed by atoms with E-state index in [0.29, 0.717) is 19.3 Å². The predicted molar refractivity (Wildman–Crippen MR) is 97.1 cm³/mol. The molecule has 1 aliphatic carbocycles. The molecule has 0 spiro atoms. The predicted octanol–water partition coefficient (Wildman–Crippen LogP) is 2.37. The Bertz CT molecular complexity index is 552. The van der Waals surface area contributed by atoms with Crippen molar-refractivity contribution in [2.75, 3.05) is 6.61 Å². The van der Waals surface area contributed by atoms with Gasteiger partial charge in [0.15, 0.2) is 6.61 Å². The molecule has 2 bridgehead atoms. The van der Waals surface area contributed by atoms with E-state index in [9.17, 15) is 14.4 Å². The van der Waals surface area contributed by atoms with Crippen LogP contribution in [0.25, 0.3) is 0 Å². The fourth-order valence-corrected chi connectivity index (χ4v) is 4.46. The van der Waals surface area contributed by atoms with Crippen molar-refractivity contribution in [3.8, 4) is 0 Å². The summed E-state index contributed by atoms with van der Waals surface area (Å²) in [5.41, 5.74) is -0.292. The lowest BCUT2D eigenvalue weighted by Crippen LogP contribution is -2.44. The molecule has 4 unspecified atom stereocenters. The fraction of sp³-hybridized carbons (Fsp3) is 0.765. The van der Waals surface area contributed by atoms with Crippen molar-refractivity contribution >= 4 is 43.2 Å². The average Bonchev–Trinajstić information content (AvgIpc) is 2.81. The zero-order valence-electron chi connectivity index (χ0n) is 14.6. The van der Waals surface area contributed by atoms with Crippen LogP contribution in [0.3, 0.4) is 0 Å². The van der Waals surface area contributed by atoms with Crippen molar-refractivity contribution in [1.82, 2.24) is 0 Å². The molecule has 2 aliphatic rings. The third-order valence-electron chi connectivity index (χ3n) is 5.00. The fourth-order valence-electron chi connectivity index (χ4n) is 2.84. The summed E-state index contributed by atoms with van der Waals surface area (Å²) < 4.78 is 19.0. The number of hydrogen-bond donors (Lipinski definition) is 0. The SMILES string of the molecule is C=IC(C)(C(=O)OCC(=O)OC1CCC2CC1OC2=O)C(C)(C)C. The Morgan fingerprint density at radius 3 is 2.54 bits per heavy atom. The number of esters is 3. The standard InChI is InChI=1S/C17H25IO6/c1-16(2,3)17(4,18-5)15(21)22-9-13(19)23-11-7-6-10-8-12(11)24-14(10)20/h10-12H,5-9H2,1-4H3.